The Morgan fingerprint density at radius 3 is 1.98 bits per heavy atom. The number of allylic oxidation sites excluding steroid dienone is 4. The molecule has 1 heterocycles. The molecule has 2 aromatic carbocycles. The summed E-state index contributed by atoms with van der Waals surface area (Å²) in [6.07, 6.45) is -3.67. The molecule has 0 radical (unpaired) electrons. The molecule has 0 atom stereocenters. The number of benzene rings is 2. The van der Waals surface area contributed by atoms with Crippen molar-refractivity contribution in [1.29, 1.82) is 0 Å². The fourth-order valence-corrected chi connectivity index (χ4v) is 6.47. The summed E-state index contributed by atoms with van der Waals surface area (Å²) in [5, 5.41) is 11.8. The lowest BCUT2D eigenvalue weighted by Gasteiger charge is -2.43. The summed E-state index contributed by atoms with van der Waals surface area (Å²) >= 11 is 13.0. The van der Waals surface area contributed by atoms with Crippen molar-refractivity contribution in [3.05, 3.63) is 84.3 Å². The molecule has 0 saturated carbocycles. The highest BCUT2D eigenvalue weighted by molar-refractivity contribution is 6.35. The number of alkyl halides is 3. The maximum Gasteiger partial charge on any atom is 0.416 e. The van der Waals surface area contributed by atoms with Crippen molar-refractivity contribution in [2.24, 2.45) is 10.8 Å². The zero-order chi connectivity index (χ0) is 30.9. The molecule has 0 amide bonds. The zero-order valence-corrected chi connectivity index (χ0v) is 24.6. The van der Waals surface area contributed by atoms with Crippen molar-refractivity contribution in [2.75, 3.05) is 0 Å². The number of Topliss-reactive ketones (excluding diaryl/α,β-unsaturated/α-hetero) is 2. The SMILES string of the molecule is CC1(C)CC(=O)C2=C(C1)OC1=C(C(=O)CC(C)(C)C1)C2c1cc(Cl)cc(Cl)c1Oc1ccc(C(F)(F)F)cc1[N+](=O)[O-]. The average Bonchev–Trinajstić information content (AvgIpc) is 2.82. The number of nitro groups is 1. The van der Waals surface area contributed by atoms with Crippen molar-refractivity contribution in [3.63, 3.8) is 0 Å². The summed E-state index contributed by atoms with van der Waals surface area (Å²) in [7, 11) is 0. The van der Waals surface area contributed by atoms with E-state index in [1.165, 1.54) is 12.1 Å². The van der Waals surface area contributed by atoms with Gasteiger partial charge in [-0.15, -0.1) is 0 Å². The Labute approximate surface area is 249 Å². The van der Waals surface area contributed by atoms with E-state index in [4.69, 9.17) is 32.7 Å². The van der Waals surface area contributed by atoms with Crippen LogP contribution in [0.4, 0.5) is 18.9 Å². The van der Waals surface area contributed by atoms with Gasteiger partial charge in [0.05, 0.1) is 21.4 Å². The minimum absolute atomic E-state index is 0.116. The van der Waals surface area contributed by atoms with Gasteiger partial charge in [0.1, 0.15) is 11.5 Å². The van der Waals surface area contributed by atoms with Crippen molar-refractivity contribution >= 4 is 40.5 Å². The Kier molecular flexibility index (Phi) is 7.25. The maximum atomic E-state index is 13.7. The number of nitrogens with zero attached hydrogens (tertiary/aromatic N) is 1. The smallest absolute Gasteiger partial charge is 0.416 e. The zero-order valence-electron chi connectivity index (χ0n) is 23.1. The average molecular weight is 624 g/mol. The summed E-state index contributed by atoms with van der Waals surface area (Å²) in [5.74, 6) is -1.39. The van der Waals surface area contributed by atoms with Crippen LogP contribution in [0.3, 0.4) is 0 Å². The molecule has 3 aliphatic rings. The van der Waals surface area contributed by atoms with Crippen LogP contribution < -0.4 is 4.74 Å². The molecule has 2 aromatic rings. The molecular weight excluding hydrogens is 598 g/mol. The lowest BCUT2D eigenvalue weighted by molar-refractivity contribution is -0.385. The predicted octanol–water partition coefficient (Wildman–Crippen LogP) is 9.11. The van der Waals surface area contributed by atoms with Gasteiger partial charge in [-0.05, 0) is 35.1 Å². The second kappa shape index (κ2) is 10.1. The van der Waals surface area contributed by atoms with Crippen LogP contribution in [-0.2, 0) is 20.5 Å². The molecule has 1 aliphatic heterocycles. The first-order valence-electron chi connectivity index (χ1n) is 13.1. The second-order valence-corrected chi connectivity index (χ2v) is 13.3. The van der Waals surface area contributed by atoms with E-state index in [1.54, 1.807) is 0 Å². The van der Waals surface area contributed by atoms with Gasteiger partial charge in [0, 0.05) is 53.5 Å². The van der Waals surface area contributed by atoms with Crippen LogP contribution in [0.1, 0.15) is 70.4 Å². The molecule has 42 heavy (non-hydrogen) atoms. The topological polar surface area (TPSA) is 95.7 Å². The number of halogens is 5. The van der Waals surface area contributed by atoms with Crippen LogP contribution in [-0.4, -0.2) is 16.5 Å². The number of carbonyl (C=O) groups is 2. The fourth-order valence-electron chi connectivity index (χ4n) is 5.92. The molecular formula is C30H26Cl2F3NO6. The van der Waals surface area contributed by atoms with E-state index < -0.39 is 44.8 Å². The normalized spacial score (nSPS) is 20.2. The molecule has 2 aliphatic carbocycles. The number of ether oxygens (including phenoxy) is 2. The number of carbonyl (C=O) groups excluding carboxylic acids is 2. The van der Waals surface area contributed by atoms with Gasteiger partial charge in [-0.1, -0.05) is 50.9 Å². The minimum atomic E-state index is -4.83. The van der Waals surface area contributed by atoms with Crippen molar-refractivity contribution in [3.8, 4) is 11.5 Å². The highest BCUT2D eigenvalue weighted by Crippen LogP contribution is 2.56. The largest absolute Gasteiger partial charge is 0.465 e. The van der Waals surface area contributed by atoms with Gasteiger partial charge in [-0.25, -0.2) is 0 Å². The van der Waals surface area contributed by atoms with E-state index in [2.05, 4.69) is 0 Å². The van der Waals surface area contributed by atoms with E-state index in [9.17, 15) is 32.9 Å². The molecule has 222 valence electrons. The van der Waals surface area contributed by atoms with Gasteiger partial charge in [0.15, 0.2) is 17.3 Å². The van der Waals surface area contributed by atoms with E-state index in [0.29, 0.717) is 36.5 Å². The molecule has 0 bridgehead atoms. The molecule has 0 fully saturated rings. The molecule has 12 heteroatoms. The standard InChI is InChI=1S/C30H26Cl2F3NO6/c1-28(2)10-19(37)25-22(12-28)41-23-13-29(3,4)11-20(38)26(23)24(25)16-8-15(31)9-17(32)27(16)42-21-6-5-14(30(33,34)35)7-18(21)36(39)40/h5-9,24H,10-13H2,1-4H3. The van der Waals surface area contributed by atoms with E-state index in [0.717, 1.165) is 6.07 Å². The van der Waals surface area contributed by atoms with E-state index in [1.807, 2.05) is 27.7 Å². The van der Waals surface area contributed by atoms with Crippen LogP contribution in [0.25, 0.3) is 0 Å². The van der Waals surface area contributed by atoms with Gasteiger partial charge < -0.3 is 9.47 Å². The predicted molar refractivity (Wildman–Crippen MR) is 149 cm³/mol. The quantitative estimate of drug-likeness (QED) is 0.249. The first-order chi connectivity index (χ1) is 19.4. The Balaban J connectivity index is 1.74. The lowest BCUT2D eigenvalue weighted by atomic mass is 9.65. The number of ketones is 2. The van der Waals surface area contributed by atoms with Crippen molar-refractivity contribution in [2.45, 2.75) is 65.5 Å². The molecule has 0 N–H and O–H groups in total. The van der Waals surface area contributed by atoms with Crippen LogP contribution in [0.2, 0.25) is 10.0 Å². The number of hydrogen-bond acceptors (Lipinski definition) is 6. The van der Waals surface area contributed by atoms with Gasteiger partial charge in [-0.3, -0.25) is 19.7 Å². The second-order valence-electron chi connectivity index (χ2n) is 12.4. The Hall–Kier alpha value is -3.37. The van der Waals surface area contributed by atoms with Crippen LogP contribution in [0.15, 0.2) is 53.0 Å². The first kappa shape index (κ1) is 30.1. The minimum Gasteiger partial charge on any atom is -0.465 e. The van der Waals surface area contributed by atoms with Crippen molar-refractivity contribution < 1.29 is 37.2 Å². The number of rotatable bonds is 4. The lowest BCUT2D eigenvalue weighted by Crippen LogP contribution is -2.37. The van der Waals surface area contributed by atoms with Crippen molar-refractivity contribution in [1.82, 2.24) is 0 Å². The van der Waals surface area contributed by atoms with Crippen LogP contribution in [0, 0.1) is 20.9 Å². The van der Waals surface area contributed by atoms with E-state index >= 15 is 0 Å². The third-order valence-electron chi connectivity index (χ3n) is 7.62. The highest BCUT2D eigenvalue weighted by Gasteiger charge is 2.49. The number of nitro benzene ring substituents is 1. The molecule has 0 spiro atoms. The Morgan fingerprint density at radius 1 is 0.929 bits per heavy atom. The monoisotopic (exact) mass is 623 g/mol. The number of hydrogen-bond donors (Lipinski definition) is 0. The molecule has 0 saturated heterocycles. The van der Waals surface area contributed by atoms with Gasteiger partial charge in [-0.2, -0.15) is 13.2 Å². The van der Waals surface area contributed by atoms with Gasteiger partial charge >= 0.3 is 11.9 Å². The summed E-state index contributed by atoms with van der Waals surface area (Å²) in [4.78, 5) is 38.1. The molecule has 0 aromatic heterocycles. The summed E-state index contributed by atoms with van der Waals surface area (Å²) in [6, 6.07) is 4.61. The fraction of sp³-hybridized carbons (Fsp3) is 0.400. The maximum absolute atomic E-state index is 13.7. The summed E-state index contributed by atoms with van der Waals surface area (Å²) < 4.78 is 52.2. The summed E-state index contributed by atoms with van der Waals surface area (Å²) in [5.41, 5.74) is -2.36. The molecule has 0 unspecified atom stereocenters. The third kappa shape index (κ3) is 5.54. The Bertz CT molecular complexity index is 1570. The van der Waals surface area contributed by atoms with Crippen LogP contribution in [0.5, 0.6) is 11.5 Å². The summed E-state index contributed by atoms with van der Waals surface area (Å²) in [6.45, 7) is 7.73. The first-order valence-corrected chi connectivity index (χ1v) is 13.9. The van der Waals surface area contributed by atoms with Gasteiger partial charge in [0.2, 0.25) is 5.75 Å². The van der Waals surface area contributed by atoms with Crippen LogP contribution >= 0.6 is 23.2 Å². The Morgan fingerprint density at radius 2 is 1.48 bits per heavy atom. The third-order valence-corrected chi connectivity index (χ3v) is 8.12. The molecule has 5 rings (SSSR count). The van der Waals surface area contributed by atoms with E-state index in [-0.39, 0.29) is 56.9 Å². The highest BCUT2D eigenvalue weighted by atomic mass is 35.5. The van der Waals surface area contributed by atoms with Gasteiger partial charge in [0.25, 0.3) is 0 Å². The molecule has 7 nitrogen and oxygen atoms in total.